The zero-order valence-corrected chi connectivity index (χ0v) is 9.23. The summed E-state index contributed by atoms with van der Waals surface area (Å²) in [6.07, 6.45) is -0.434. The van der Waals surface area contributed by atoms with E-state index in [4.69, 9.17) is 4.74 Å². The third-order valence-corrected chi connectivity index (χ3v) is 1.11. The van der Waals surface area contributed by atoms with Crippen molar-refractivity contribution < 1.29 is 9.53 Å². The molecule has 4 nitrogen and oxygen atoms in total. The predicted octanol–water partition coefficient (Wildman–Crippen LogP) is 0.734. The molecule has 4 heteroatoms. The third-order valence-electron chi connectivity index (χ3n) is 1.11. The molecule has 0 saturated heterocycles. The summed E-state index contributed by atoms with van der Waals surface area (Å²) in [5.74, 6) is 5.60. The summed E-state index contributed by atoms with van der Waals surface area (Å²) in [7, 11) is 1.82. The first-order chi connectivity index (χ1) is 6.45. The molecule has 1 amide bonds. The second kappa shape index (κ2) is 6.28. The Labute approximate surface area is 85.4 Å². The molecule has 0 rings (SSSR count). The van der Waals surface area contributed by atoms with E-state index >= 15 is 0 Å². The van der Waals surface area contributed by atoms with E-state index in [2.05, 4.69) is 22.5 Å². The largest absolute Gasteiger partial charge is 0.444 e. The van der Waals surface area contributed by atoms with Gasteiger partial charge in [0.1, 0.15) is 5.60 Å². The fourth-order valence-electron chi connectivity index (χ4n) is 0.644. The zero-order valence-electron chi connectivity index (χ0n) is 9.23. The standard InChI is InChI=1S/C10H18N2O2/c1-10(2,3)14-9(13)12-8-6-5-7-11-4/h11H,7-8H2,1-4H3,(H,12,13). The fraction of sp³-hybridized carbons (Fsp3) is 0.700. The molecule has 0 bridgehead atoms. The number of nitrogens with one attached hydrogen (secondary N) is 2. The lowest BCUT2D eigenvalue weighted by Crippen LogP contribution is -2.32. The van der Waals surface area contributed by atoms with E-state index in [1.165, 1.54) is 0 Å². The van der Waals surface area contributed by atoms with E-state index < -0.39 is 11.7 Å². The molecule has 80 valence electrons. The average molecular weight is 198 g/mol. The van der Waals surface area contributed by atoms with Crippen molar-refractivity contribution in [3.8, 4) is 11.8 Å². The number of rotatable bonds is 2. The molecular formula is C10H18N2O2. The van der Waals surface area contributed by atoms with Crippen molar-refractivity contribution in [1.29, 1.82) is 0 Å². The van der Waals surface area contributed by atoms with Crippen molar-refractivity contribution in [3.05, 3.63) is 0 Å². The highest BCUT2D eigenvalue weighted by Gasteiger charge is 2.14. The lowest BCUT2D eigenvalue weighted by Gasteiger charge is -2.18. The Kier molecular flexibility index (Phi) is 5.73. The van der Waals surface area contributed by atoms with Crippen molar-refractivity contribution in [2.75, 3.05) is 20.1 Å². The normalized spacial score (nSPS) is 10.0. The van der Waals surface area contributed by atoms with Crippen molar-refractivity contribution in [3.63, 3.8) is 0 Å². The lowest BCUT2D eigenvalue weighted by atomic mass is 10.2. The van der Waals surface area contributed by atoms with Crippen molar-refractivity contribution >= 4 is 6.09 Å². The summed E-state index contributed by atoms with van der Waals surface area (Å²) in [6.45, 7) is 6.39. The maximum absolute atomic E-state index is 11.1. The number of hydrogen-bond acceptors (Lipinski definition) is 3. The maximum atomic E-state index is 11.1. The highest BCUT2D eigenvalue weighted by atomic mass is 16.6. The highest BCUT2D eigenvalue weighted by molar-refractivity contribution is 5.67. The molecule has 0 saturated carbocycles. The minimum Gasteiger partial charge on any atom is -0.444 e. The first-order valence-corrected chi connectivity index (χ1v) is 4.53. The van der Waals surface area contributed by atoms with Gasteiger partial charge in [-0.3, -0.25) is 0 Å². The molecule has 0 aliphatic carbocycles. The van der Waals surface area contributed by atoms with Gasteiger partial charge in [0.05, 0.1) is 13.1 Å². The van der Waals surface area contributed by atoms with Gasteiger partial charge >= 0.3 is 6.09 Å². The summed E-state index contributed by atoms with van der Waals surface area (Å²) >= 11 is 0. The summed E-state index contributed by atoms with van der Waals surface area (Å²) in [5, 5.41) is 5.41. The molecule has 0 fully saturated rings. The molecule has 14 heavy (non-hydrogen) atoms. The van der Waals surface area contributed by atoms with Gasteiger partial charge < -0.3 is 15.4 Å². The SMILES string of the molecule is CNCC#CCNC(=O)OC(C)(C)C. The molecule has 0 atom stereocenters. The van der Waals surface area contributed by atoms with Gasteiger partial charge in [-0.2, -0.15) is 0 Å². The van der Waals surface area contributed by atoms with E-state index in [1.54, 1.807) is 0 Å². The van der Waals surface area contributed by atoms with Crippen LogP contribution in [0.1, 0.15) is 20.8 Å². The van der Waals surface area contributed by atoms with Gasteiger partial charge in [0, 0.05) is 0 Å². The van der Waals surface area contributed by atoms with Crippen LogP contribution in [0.15, 0.2) is 0 Å². The Morgan fingerprint density at radius 2 is 1.86 bits per heavy atom. The quantitative estimate of drug-likeness (QED) is 0.643. The van der Waals surface area contributed by atoms with Crippen molar-refractivity contribution in [1.82, 2.24) is 10.6 Å². The Balaban J connectivity index is 3.62. The Morgan fingerprint density at radius 3 is 2.36 bits per heavy atom. The molecule has 0 radical (unpaired) electrons. The highest BCUT2D eigenvalue weighted by Crippen LogP contribution is 2.05. The van der Waals surface area contributed by atoms with Gasteiger partial charge in [-0.25, -0.2) is 4.79 Å². The van der Waals surface area contributed by atoms with E-state index in [0.717, 1.165) is 0 Å². The van der Waals surface area contributed by atoms with Crippen molar-refractivity contribution in [2.24, 2.45) is 0 Å². The third kappa shape index (κ3) is 8.88. The van der Waals surface area contributed by atoms with Crippen LogP contribution >= 0.6 is 0 Å². The van der Waals surface area contributed by atoms with E-state index in [-0.39, 0.29) is 0 Å². The van der Waals surface area contributed by atoms with Crippen LogP contribution in [-0.2, 0) is 4.74 Å². The van der Waals surface area contributed by atoms with E-state index in [0.29, 0.717) is 13.1 Å². The molecule has 2 N–H and O–H groups in total. The van der Waals surface area contributed by atoms with Crippen LogP contribution in [0.3, 0.4) is 0 Å². The molecule has 0 aliphatic rings. The van der Waals surface area contributed by atoms with Gasteiger partial charge in [0.2, 0.25) is 0 Å². The Hall–Kier alpha value is -1.21. The van der Waals surface area contributed by atoms with Gasteiger partial charge in [-0.1, -0.05) is 11.8 Å². The fourth-order valence-corrected chi connectivity index (χ4v) is 0.644. The number of amides is 1. The molecule has 0 unspecified atom stereocenters. The molecule has 0 aromatic rings. The van der Waals surface area contributed by atoms with Crippen LogP contribution in [0, 0.1) is 11.8 Å². The second-order valence-corrected chi connectivity index (χ2v) is 3.74. The van der Waals surface area contributed by atoms with Gasteiger partial charge in [0.15, 0.2) is 0 Å². The van der Waals surface area contributed by atoms with Crippen LogP contribution in [0.4, 0.5) is 4.79 Å². The first-order valence-electron chi connectivity index (χ1n) is 4.53. The lowest BCUT2D eigenvalue weighted by molar-refractivity contribution is 0.0535. The van der Waals surface area contributed by atoms with E-state index in [9.17, 15) is 4.79 Å². The van der Waals surface area contributed by atoms with Crippen LogP contribution in [0.25, 0.3) is 0 Å². The summed E-state index contributed by atoms with van der Waals surface area (Å²) in [5.41, 5.74) is -0.456. The van der Waals surface area contributed by atoms with Gasteiger partial charge in [0.25, 0.3) is 0 Å². The molecule has 0 spiro atoms. The average Bonchev–Trinajstić information content (AvgIpc) is 2.00. The van der Waals surface area contributed by atoms with Gasteiger partial charge in [-0.05, 0) is 27.8 Å². The second-order valence-electron chi connectivity index (χ2n) is 3.74. The summed E-state index contributed by atoms with van der Waals surface area (Å²) in [6, 6.07) is 0. The number of carbonyl (C=O) groups excluding carboxylic acids is 1. The molecule has 0 heterocycles. The zero-order chi connectivity index (χ0) is 11.0. The number of carbonyl (C=O) groups is 1. The minimum atomic E-state index is -0.456. The predicted molar refractivity (Wildman–Crippen MR) is 55.9 cm³/mol. The van der Waals surface area contributed by atoms with Crippen molar-refractivity contribution in [2.45, 2.75) is 26.4 Å². The van der Waals surface area contributed by atoms with Crippen LogP contribution in [0.5, 0.6) is 0 Å². The number of ether oxygens (including phenoxy) is 1. The topological polar surface area (TPSA) is 50.4 Å². The van der Waals surface area contributed by atoms with Crippen LogP contribution < -0.4 is 10.6 Å². The van der Waals surface area contributed by atoms with Crippen LogP contribution in [-0.4, -0.2) is 31.8 Å². The van der Waals surface area contributed by atoms with Gasteiger partial charge in [-0.15, -0.1) is 0 Å². The summed E-state index contributed by atoms with van der Waals surface area (Å²) in [4.78, 5) is 11.1. The van der Waals surface area contributed by atoms with E-state index in [1.807, 2.05) is 27.8 Å². The first kappa shape index (κ1) is 12.8. The molecule has 0 aromatic carbocycles. The maximum Gasteiger partial charge on any atom is 0.408 e. The Morgan fingerprint density at radius 1 is 1.29 bits per heavy atom. The minimum absolute atomic E-state index is 0.316. The molecular weight excluding hydrogens is 180 g/mol. The smallest absolute Gasteiger partial charge is 0.408 e. The summed E-state index contributed by atoms with van der Waals surface area (Å²) < 4.78 is 5.01. The van der Waals surface area contributed by atoms with Crippen LogP contribution in [0.2, 0.25) is 0 Å². The molecule has 0 aromatic heterocycles. The molecule has 0 aliphatic heterocycles. The Bertz CT molecular complexity index is 233. The number of alkyl carbamates (subject to hydrolysis) is 1. The number of hydrogen-bond donors (Lipinski definition) is 2. The monoisotopic (exact) mass is 198 g/mol.